The molecule has 1 saturated heterocycles. The van der Waals surface area contributed by atoms with E-state index in [1.54, 1.807) is 0 Å². The summed E-state index contributed by atoms with van der Waals surface area (Å²) in [6.45, 7) is -0.0550. The van der Waals surface area contributed by atoms with Crippen LogP contribution in [0.1, 0.15) is 10.4 Å². The second kappa shape index (κ2) is 5.66. The van der Waals surface area contributed by atoms with Gasteiger partial charge in [0, 0.05) is 25.4 Å². The SMILES string of the molecule is CNC(=O)c1ccnc(N2CCOC(C(F)(F)F)C2)c1. The highest BCUT2D eigenvalue weighted by atomic mass is 19.4. The van der Waals surface area contributed by atoms with Crippen LogP contribution in [0.4, 0.5) is 19.0 Å². The van der Waals surface area contributed by atoms with Crippen LogP contribution in [-0.2, 0) is 4.74 Å². The van der Waals surface area contributed by atoms with Crippen LogP contribution in [0.25, 0.3) is 0 Å². The molecular weight excluding hydrogens is 275 g/mol. The Bertz CT molecular complexity index is 493. The van der Waals surface area contributed by atoms with Gasteiger partial charge >= 0.3 is 6.18 Å². The fourth-order valence-electron chi connectivity index (χ4n) is 1.93. The van der Waals surface area contributed by atoms with Crippen LogP contribution < -0.4 is 10.2 Å². The Kier molecular flexibility index (Phi) is 4.12. The normalized spacial score (nSPS) is 19.8. The number of nitrogens with one attached hydrogen (secondary N) is 1. The van der Waals surface area contributed by atoms with Gasteiger partial charge in [-0.2, -0.15) is 13.2 Å². The molecule has 1 fully saturated rings. The molecule has 0 spiro atoms. The van der Waals surface area contributed by atoms with Gasteiger partial charge in [0.25, 0.3) is 5.91 Å². The van der Waals surface area contributed by atoms with E-state index in [4.69, 9.17) is 4.74 Å². The molecule has 2 rings (SSSR count). The van der Waals surface area contributed by atoms with Crippen molar-refractivity contribution >= 4 is 11.7 Å². The minimum atomic E-state index is -4.41. The van der Waals surface area contributed by atoms with E-state index in [1.165, 1.54) is 30.3 Å². The van der Waals surface area contributed by atoms with Gasteiger partial charge < -0.3 is 15.0 Å². The van der Waals surface area contributed by atoms with Gasteiger partial charge in [-0.05, 0) is 12.1 Å². The molecule has 0 saturated carbocycles. The summed E-state index contributed by atoms with van der Waals surface area (Å²) in [7, 11) is 1.48. The second-order valence-electron chi connectivity index (χ2n) is 4.33. The quantitative estimate of drug-likeness (QED) is 0.889. The van der Waals surface area contributed by atoms with E-state index in [0.29, 0.717) is 17.9 Å². The summed E-state index contributed by atoms with van der Waals surface area (Å²) in [5, 5.41) is 2.45. The number of halogens is 3. The molecule has 0 radical (unpaired) electrons. The van der Waals surface area contributed by atoms with E-state index in [-0.39, 0.29) is 19.1 Å². The first-order valence-corrected chi connectivity index (χ1v) is 6.03. The van der Waals surface area contributed by atoms with Gasteiger partial charge in [-0.15, -0.1) is 0 Å². The minimum absolute atomic E-state index is 0.0317. The van der Waals surface area contributed by atoms with E-state index in [1.807, 2.05) is 0 Å². The molecule has 1 unspecified atom stereocenters. The molecule has 1 N–H and O–H groups in total. The summed E-state index contributed by atoms with van der Waals surface area (Å²) < 4.78 is 42.7. The van der Waals surface area contributed by atoms with Gasteiger partial charge in [0.2, 0.25) is 0 Å². The molecule has 1 atom stereocenters. The number of morpholine rings is 1. The lowest BCUT2D eigenvalue weighted by Gasteiger charge is -2.34. The fraction of sp³-hybridized carbons (Fsp3) is 0.500. The summed E-state index contributed by atoms with van der Waals surface area (Å²) in [5.74, 6) is 0.0259. The molecule has 1 aromatic heterocycles. The van der Waals surface area contributed by atoms with Crippen molar-refractivity contribution in [3.8, 4) is 0 Å². The van der Waals surface area contributed by atoms with Crippen LogP contribution in [0.5, 0.6) is 0 Å². The fourth-order valence-corrected chi connectivity index (χ4v) is 1.93. The van der Waals surface area contributed by atoms with Crippen LogP contribution >= 0.6 is 0 Å². The van der Waals surface area contributed by atoms with Gasteiger partial charge in [0.05, 0.1) is 13.2 Å². The Morgan fingerprint density at radius 1 is 1.55 bits per heavy atom. The van der Waals surface area contributed by atoms with E-state index >= 15 is 0 Å². The highest BCUT2D eigenvalue weighted by molar-refractivity contribution is 5.94. The smallest absolute Gasteiger partial charge is 0.365 e. The maximum Gasteiger partial charge on any atom is 0.416 e. The number of aromatic nitrogens is 1. The number of pyridine rings is 1. The monoisotopic (exact) mass is 289 g/mol. The van der Waals surface area contributed by atoms with Crippen LogP contribution in [0, 0.1) is 0 Å². The third-order valence-corrected chi connectivity index (χ3v) is 2.99. The summed E-state index contributed by atoms with van der Waals surface area (Å²) in [6.07, 6.45) is -4.84. The molecule has 0 bridgehead atoms. The van der Waals surface area contributed by atoms with Crippen molar-refractivity contribution in [3.63, 3.8) is 0 Å². The number of amides is 1. The van der Waals surface area contributed by atoms with Crippen LogP contribution in [0.15, 0.2) is 18.3 Å². The molecule has 0 aromatic carbocycles. The van der Waals surface area contributed by atoms with Crippen molar-refractivity contribution in [1.82, 2.24) is 10.3 Å². The first-order valence-electron chi connectivity index (χ1n) is 6.03. The number of anilines is 1. The minimum Gasteiger partial charge on any atom is -0.365 e. The molecule has 110 valence electrons. The van der Waals surface area contributed by atoms with Crippen molar-refractivity contribution < 1.29 is 22.7 Å². The lowest BCUT2D eigenvalue weighted by molar-refractivity contribution is -0.221. The Balaban J connectivity index is 2.17. The molecule has 2 heterocycles. The third kappa shape index (κ3) is 3.19. The molecular formula is C12H14F3N3O2. The summed E-state index contributed by atoms with van der Waals surface area (Å²) >= 11 is 0. The van der Waals surface area contributed by atoms with E-state index in [0.717, 1.165) is 0 Å². The summed E-state index contributed by atoms with van der Waals surface area (Å²) in [4.78, 5) is 17.0. The molecule has 20 heavy (non-hydrogen) atoms. The number of nitrogens with zero attached hydrogens (tertiary/aromatic N) is 2. The van der Waals surface area contributed by atoms with Crippen molar-refractivity contribution in [3.05, 3.63) is 23.9 Å². The Morgan fingerprint density at radius 2 is 2.30 bits per heavy atom. The summed E-state index contributed by atoms with van der Waals surface area (Å²) in [5.41, 5.74) is 0.354. The van der Waals surface area contributed by atoms with E-state index in [2.05, 4.69) is 10.3 Å². The van der Waals surface area contributed by atoms with Gasteiger partial charge in [-0.3, -0.25) is 4.79 Å². The van der Waals surface area contributed by atoms with E-state index < -0.39 is 12.3 Å². The topological polar surface area (TPSA) is 54.5 Å². The molecule has 1 amide bonds. The van der Waals surface area contributed by atoms with Crippen molar-refractivity contribution in [2.75, 3.05) is 31.6 Å². The predicted molar refractivity (Wildman–Crippen MR) is 65.6 cm³/mol. The van der Waals surface area contributed by atoms with Crippen LogP contribution in [0.3, 0.4) is 0 Å². The highest BCUT2D eigenvalue weighted by Crippen LogP contribution is 2.27. The van der Waals surface area contributed by atoms with Gasteiger partial charge in [-0.1, -0.05) is 0 Å². The number of rotatable bonds is 2. The van der Waals surface area contributed by atoms with Crippen molar-refractivity contribution in [1.29, 1.82) is 0 Å². The largest absolute Gasteiger partial charge is 0.416 e. The molecule has 0 aliphatic carbocycles. The van der Waals surface area contributed by atoms with Crippen molar-refractivity contribution in [2.45, 2.75) is 12.3 Å². The first kappa shape index (κ1) is 14.6. The second-order valence-corrected chi connectivity index (χ2v) is 4.33. The number of carbonyl (C=O) groups is 1. The number of carbonyl (C=O) groups excluding carboxylic acids is 1. The van der Waals surface area contributed by atoms with Crippen molar-refractivity contribution in [2.24, 2.45) is 0 Å². The number of ether oxygens (including phenoxy) is 1. The van der Waals surface area contributed by atoms with Gasteiger partial charge in [0.1, 0.15) is 5.82 Å². The molecule has 1 aliphatic heterocycles. The number of alkyl halides is 3. The molecule has 8 heteroatoms. The zero-order chi connectivity index (χ0) is 14.8. The lowest BCUT2D eigenvalue weighted by Crippen LogP contribution is -2.49. The zero-order valence-corrected chi connectivity index (χ0v) is 10.8. The van der Waals surface area contributed by atoms with E-state index in [9.17, 15) is 18.0 Å². The number of hydrogen-bond acceptors (Lipinski definition) is 4. The Morgan fingerprint density at radius 3 is 2.95 bits per heavy atom. The maximum atomic E-state index is 12.7. The van der Waals surface area contributed by atoms with Crippen LogP contribution in [0.2, 0.25) is 0 Å². The zero-order valence-electron chi connectivity index (χ0n) is 10.8. The molecule has 5 nitrogen and oxygen atoms in total. The standard InChI is InChI=1S/C12H14F3N3O2/c1-16-11(19)8-2-3-17-10(6-8)18-4-5-20-9(7-18)12(13,14)15/h2-3,6,9H,4-5,7H2,1H3,(H,16,19). The average Bonchev–Trinajstić information content (AvgIpc) is 2.46. The molecule has 1 aromatic rings. The number of hydrogen-bond donors (Lipinski definition) is 1. The molecule has 1 aliphatic rings. The average molecular weight is 289 g/mol. The Hall–Kier alpha value is -1.83. The van der Waals surface area contributed by atoms with Crippen LogP contribution in [-0.4, -0.2) is 49.9 Å². The third-order valence-electron chi connectivity index (χ3n) is 2.99. The Labute approximate surface area is 113 Å². The first-order chi connectivity index (χ1) is 9.41. The predicted octanol–water partition coefficient (Wildman–Crippen LogP) is 1.21. The maximum absolute atomic E-state index is 12.7. The summed E-state index contributed by atoms with van der Waals surface area (Å²) in [6, 6.07) is 2.97. The lowest BCUT2D eigenvalue weighted by atomic mass is 10.2. The van der Waals surface area contributed by atoms with Gasteiger partial charge in [0.15, 0.2) is 6.10 Å². The highest BCUT2D eigenvalue weighted by Gasteiger charge is 2.43. The van der Waals surface area contributed by atoms with Gasteiger partial charge in [-0.25, -0.2) is 4.98 Å².